The fraction of sp³-hybridized carbons (Fsp3) is 0.394. The van der Waals surface area contributed by atoms with Gasteiger partial charge in [0, 0.05) is 55.6 Å². The van der Waals surface area contributed by atoms with Gasteiger partial charge in [-0.15, -0.1) is 0 Å². The minimum Gasteiger partial charge on any atom is -0.355 e. The minimum atomic E-state index is -0.858. The van der Waals surface area contributed by atoms with Crippen LogP contribution in [0.4, 0.5) is 14.7 Å². The van der Waals surface area contributed by atoms with Crippen molar-refractivity contribution in [3.63, 3.8) is 0 Å². The fourth-order valence-corrected chi connectivity index (χ4v) is 6.78. The van der Waals surface area contributed by atoms with Crippen LogP contribution in [0.15, 0.2) is 53.3 Å². The van der Waals surface area contributed by atoms with Gasteiger partial charge in [-0.3, -0.25) is 18.6 Å². The summed E-state index contributed by atoms with van der Waals surface area (Å²) in [5.41, 5.74) is 1.63. The maximum Gasteiger partial charge on any atom is 0.331 e. The number of amides is 1. The van der Waals surface area contributed by atoms with Gasteiger partial charge in [0.05, 0.1) is 24.8 Å². The smallest absolute Gasteiger partial charge is 0.331 e. The summed E-state index contributed by atoms with van der Waals surface area (Å²) < 4.78 is 32.1. The number of benzene rings is 2. The van der Waals surface area contributed by atoms with Crippen molar-refractivity contribution in [3.8, 4) is 16.9 Å². The zero-order chi connectivity index (χ0) is 30.3. The molecule has 6 rings (SSSR count). The molecule has 2 aromatic carbocycles. The zero-order valence-electron chi connectivity index (χ0n) is 24.8. The Morgan fingerprint density at radius 2 is 1.70 bits per heavy atom. The molecule has 2 fully saturated rings. The Hall–Kier alpha value is -4.02. The lowest BCUT2D eigenvalue weighted by Crippen LogP contribution is -2.63. The van der Waals surface area contributed by atoms with E-state index < -0.39 is 22.9 Å². The lowest BCUT2D eigenvalue weighted by Gasteiger charge is -2.47. The standard InChI is InChI=1S/C33H36F2N6O2/c1-20-13-17-41(18-14-20,23-11-15-37-16-12-23)33-38-29(25-19-22(32(43)36-3)8-7-21(25)2)24-9-10-28(42)40(31(24)39-33)30-26(34)5-4-6-27(30)35/h4-10,19-20,23,37H,11-18H2,1-3H3/p+1. The second-order valence-corrected chi connectivity index (χ2v) is 11.9. The first kappa shape index (κ1) is 29.1. The average Bonchev–Trinajstić information content (AvgIpc) is 3.02. The third kappa shape index (κ3) is 5.12. The van der Waals surface area contributed by atoms with Gasteiger partial charge in [-0.2, -0.15) is 9.97 Å². The summed E-state index contributed by atoms with van der Waals surface area (Å²) in [5.74, 6) is -0.855. The van der Waals surface area contributed by atoms with Crippen LogP contribution in [0.25, 0.3) is 28.0 Å². The van der Waals surface area contributed by atoms with Gasteiger partial charge in [-0.1, -0.05) is 19.1 Å². The molecule has 2 saturated heterocycles. The van der Waals surface area contributed by atoms with Gasteiger partial charge in [0.25, 0.3) is 11.5 Å². The molecule has 0 aliphatic carbocycles. The van der Waals surface area contributed by atoms with Crippen molar-refractivity contribution in [3.05, 3.63) is 81.6 Å². The second kappa shape index (κ2) is 11.6. The van der Waals surface area contributed by atoms with Gasteiger partial charge in [-0.05, 0) is 61.6 Å². The normalized spacial score (nSPS) is 21.2. The fourth-order valence-electron chi connectivity index (χ4n) is 6.78. The molecule has 43 heavy (non-hydrogen) atoms. The summed E-state index contributed by atoms with van der Waals surface area (Å²) in [5, 5.41) is 6.60. The van der Waals surface area contributed by atoms with Gasteiger partial charge < -0.3 is 10.6 Å². The van der Waals surface area contributed by atoms with Crippen LogP contribution in [0.1, 0.15) is 48.5 Å². The maximum atomic E-state index is 15.3. The van der Waals surface area contributed by atoms with E-state index in [0.29, 0.717) is 38.6 Å². The predicted octanol–water partition coefficient (Wildman–Crippen LogP) is 4.88. The molecule has 8 nitrogen and oxygen atoms in total. The van der Waals surface area contributed by atoms with Gasteiger partial charge in [0.15, 0.2) is 5.65 Å². The van der Waals surface area contributed by atoms with E-state index in [2.05, 4.69) is 17.6 Å². The Kier molecular flexibility index (Phi) is 7.83. The molecule has 0 atom stereocenters. The number of quaternary nitrogens is 1. The molecule has 0 saturated carbocycles. The number of likely N-dealkylation sites (tertiary alicyclic amines) is 1. The largest absolute Gasteiger partial charge is 0.355 e. The number of rotatable bonds is 5. The summed E-state index contributed by atoms with van der Waals surface area (Å²) in [7, 11) is 1.58. The highest BCUT2D eigenvalue weighted by atomic mass is 19.1. The van der Waals surface area contributed by atoms with Crippen LogP contribution in [0, 0.1) is 24.5 Å². The highest BCUT2D eigenvalue weighted by molar-refractivity contribution is 5.98. The van der Waals surface area contributed by atoms with E-state index in [9.17, 15) is 9.59 Å². The topological polar surface area (TPSA) is 88.9 Å². The Morgan fingerprint density at radius 3 is 2.37 bits per heavy atom. The zero-order valence-corrected chi connectivity index (χ0v) is 24.8. The SMILES string of the molecule is CNC(=O)c1ccc(C)c(-c2nc([N+]3(C4CCNCC4)CCC(C)CC3)nc3c2ccc(=O)n3-c2c(F)cccc2F)c1. The van der Waals surface area contributed by atoms with Crippen LogP contribution in [-0.2, 0) is 0 Å². The van der Waals surface area contributed by atoms with Gasteiger partial charge >= 0.3 is 5.95 Å². The van der Waals surface area contributed by atoms with Gasteiger partial charge in [-0.25, -0.2) is 8.78 Å². The van der Waals surface area contributed by atoms with Crippen molar-refractivity contribution in [1.29, 1.82) is 0 Å². The number of aryl methyl sites for hydroxylation is 1. The highest BCUT2D eigenvalue weighted by Gasteiger charge is 2.45. The van der Waals surface area contributed by atoms with E-state index in [1.165, 1.54) is 12.1 Å². The molecule has 0 spiro atoms. The molecule has 2 aliphatic heterocycles. The number of carbonyl (C=O) groups excluding carboxylic acids is 1. The summed E-state index contributed by atoms with van der Waals surface area (Å²) in [6, 6.07) is 12.1. The van der Waals surface area contributed by atoms with E-state index in [0.717, 1.165) is 74.1 Å². The first-order chi connectivity index (χ1) is 20.7. The lowest BCUT2D eigenvalue weighted by molar-refractivity contribution is 0.0963. The Labute approximate surface area is 249 Å². The molecule has 4 aromatic rings. The monoisotopic (exact) mass is 587 g/mol. The maximum absolute atomic E-state index is 15.3. The van der Waals surface area contributed by atoms with Crippen LogP contribution in [0.5, 0.6) is 0 Å². The number of nitrogens with zero attached hydrogens (tertiary/aromatic N) is 4. The second-order valence-electron chi connectivity index (χ2n) is 11.9. The number of hydrogen-bond acceptors (Lipinski definition) is 5. The van der Waals surface area contributed by atoms with E-state index in [4.69, 9.17) is 9.97 Å². The molecule has 0 radical (unpaired) electrons. The van der Waals surface area contributed by atoms with Gasteiger partial charge in [0.1, 0.15) is 17.3 Å². The molecule has 2 aliphatic rings. The third-order valence-electron chi connectivity index (χ3n) is 9.33. The Balaban J connectivity index is 1.71. The number of para-hydroxylation sites is 1. The third-order valence-corrected chi connectivity index (χ3v) is 9.33. The number of fused-ring (bicyclic) bond motifs is 1. The van der Waals surface area contributed by atoms with Crippen molar-refractivity contribution in [2.45, 2.75) is 45.6 Å². The number of carbonyl (C=O) groups is 1. The van der Waals surface area contributed by atoms with Crippen molar-refractivity contribution >= 4 is 22.9 Å². The molecule has 0 bridgehead atoms. The van der Waals surface area contributed by atoms with Crippen molar-refractivity contribution in [1.82, 2.24) is 29.7 Å². The van der Waals surface area contributed by atoms with Crippen LogP contribution in [-0.4, -0.2) is 59.7 Å². The summed E-state index contributed by atoms with van der Waals surface area (Å²) in [6.07, 6.45) is 3.88. The number of piperidine rings is 2. The number of pyridine rings is 1. The molecule has 1 amide bonds. The minimum absolute atomic E-state index is 0.145. The summed E-state index contributed by atoms with van der Waals surface area (Å²) >= 11 is 0. The molecule has 4 heterocycles. The van der Waals surface area contributed by atoms with E-state index in [-0.39, 0.29) is 17.6 Å². The number of halogens is 2. The molecular weight excluding hydrogens is 550 g/mol. The summed E-state index contributed by atoms with van der Waals surface area (Å²) in [6.45, 7) is 7.63. The van der Waals surface area contributed by atoms with Crippen LogP contribution >= 0.6 is 0 Å². The molecule has 2 aromatic heterocycles. The predicted molar refractivity (Wildman–Crippen MR) is 164 cm³/mol. The molecular formula is C33H37F2N6O2+. The summed E-state index contributed by atoms with van der Waals surface area (Å²) in [4.78, 5) is 36.4. The molecule has 224 valence electrons. The van der Waals surface area contributed by atoms with Crippen LogP contribution in [0.2, 0.25) is 0 Å². The Morgan fingerprint density at radius 1 is 1.00 bits per heavy atom. The quantitative estimate of drug-likeness (QED) is 0.325. The van der Waals surface area contributed by atoms with Crippen LogP contribution in [0.3, 0.4) is 0 Å². The van der Waals surface area contributed by atoms with Crippen molar-refractivity contribution in [2.24, 2.45) is 5.92 Å². The average molecular weight is 588 g/mol. The number of nitrogens with one attached hydrogen (secondary N) is 2. The van der Waals surface area contributed by atoms with Crippen molar-refractivity contribution < 1.29 is 13.6 Å². The number of hydrogen-bond donors (Lipinski definition) is 2. The lowest BCUT2D eigenvalue weighted by atomic mass is 9.92. The highest BCUT2D eigenvalue weighted by Crippen LogP contribution is 2.38. The number of aromatic nitrogens is 3. The molecule has 2 N–H and O–H groups in total. The van der Waals surface area contributed by atoms with E-state index in [1.54, 1.807) is 25.2 Å². The Bertz CT molecular complexity index is 1740. The molecule has 0 unspecified atom stereocenters. The first-order valence-electron chi connectivity index (χ1n) is 15.0. The van der Waals surface area contributed by atoms with E-state index >= 15 is 8.78 Å². The van der Waals surface area contributed by atoms with Crippen LogP contribution < -0.4 is 20.7 Å². The van der Waals surface area contributed by atoms with E-state index in [1.807, 2.05) is 13.0 Å². The van der Waals surface area contributed by atoms with Crippen molar-refractivity contribution in [2.75, 3.05) is 33.2 Å². The van der Waals surface area contributed by atoms with Gasteiger partial charge in [0.2, 0.25) is 0 Å². The molecule has 10 heteroatoms. The first-order valence-corrected chi connectivity index (χ1v) is 15.0.